The lowest BCUT2D eigenvalue weighted by atomic mass is 9.80. The van der Waals surface area contributed by atoms with Crippen LogP contribution in [0, 0.1) is 6.92 Å². The zero-order chi connectivity index (χ0) is 13.8. The summed E-state index contributed by atoms with van der Waals surface area (Å²) < 4.78 is 5.57. The molecule has 0 spiro atoms. The van der Waals surface area contributed by atoms with Crippen molar-refractivity contribution in [1.29, 1.82) is 0 Å². The van der Waals surface area contributed by atoms with Gasteiger partial charge in [0.1, 0.15) is 5.75 Å². The van der Waals surface area contributed by atoms with E-state index in [9.17, 15) is 0 Å². The van der Waals surface area contributed by atoms with Crippen LogP contribution in [-0.4, -0.2) is 18.8 Å². The predicted molar refractivity (Wildman–Crippen MR) is 76.5 cm³/mol. The molecule has 102 valence electrons. The first-order chi connectivity index (χ1) is 8.46. The van der Waals surface area contributed by atoms with Gasteiger partial charge in [-0.25, -0.2) is 0 Å². The predicted octanol–water partition coefficient (Wildman–Crippen LogP) is 3.62. The van der Waals surface area contributed by atoms with Gasteiger partial charge >= 0.3 is 0 Å². The van der Waals surface area contributed by atoms with Gasteiger partial charge < -0.3 is 9.84 Å². The average molecular weight is 250 g/mol. The minimum atomic E-state index is 0.116. The van der Waals surface area contributed by atoms with Crippen LogP contribution in [0.2, 0.25) is 0 Å². The van der Waals surface area contributed by atoms with Crippen molar-refractivity contribution in [3.8, 4) is 5.75 Å². The Labute approximate surface area is 111 Å². The quantitative estimate of drug-likeness (QED) is 0.835. The lowest BCUT2D eigenvalue weighted by molar-refractivity contribution is 0.288. The first kappa shape index (κ1) is 15.0. The van der Waals surface area contributed by atoms with Crippen LogP contribution >= 0.6 is 0 Å². The van der Waals surface area contributed by atoms with E-state index in [1.54, 1.807) is 7.11 Å². The molecule has 1 aromatic rings. The van der Waals surface area contributed by atoms with Crippen LogP contribution in [0.3, 0.4) is 0 Å². The molecule has 18 heavy (non-hydrogen) atoms. The summed E-state index contributed by atoms with van der Waals surface area (Å²) in [6, 6.07) is 4.41. The second-order valence-electron chi connectivity index (χ2n) is 5.56. The van der Waals surface area contributed by atoms with Crippen molar-refractivity contribution in [2.45, 2.75) is 52.4 Å². The van der Waals surface area contributed by atoms with Crippen molar-refractivity contribution < 1.29 is 9.84 Å². The van der Waals surface area contributed by atoms with E-state index in [2.05, 4.69) is 39.8 Å². The molecule has 0 unspecified atom stereocenters. The van der Waals surface area contributed by atoms with E-state index in [4.69, 9.17) is 9.84 Å². The van der Waals surface area contributed by atoms with Crippen LogP contribution in [0.4, 0.5) is 0 Å². The topological polar surface area (TPSA) is 29.5 Å². The summed E-state index contributed by atoms with van der Waals surface area (Å²) in [7, 11) is 1.74. The number of ether oxygens (including phenoxy) is 1. The van der Waals surface area contributed by atoms with Gasteiger partial charge in [0.2, 0.25) is 0 Å². The summed E-state index contributed by atoms with van der Waals surface area (Å²) in [5.41, 5.74) is 3.87. The summed E-state index contributed by atoms with van der Waals surface area (Å²) >= 11 is 0. The molecule has 0 amide bonds. The molecule has 1 rings (SSSR count). The van der Waals surface area contributed by atoms with Crippen LogP contribution in [0.5, 0.6) is 5.75 Å². The smallest absolute Gasteiger partial charge is 0.125 e. The third-order valence-corrected chi connectivity index (χ3v) is 3.78. The van der Waals surface area contributed by atoms with Crippen molar-refractivity contribution >= 4 is 0 Å². The highest BCUT2D eigenvalue weighted by Crippen LogP contribution is 2.37. The zero-order valence-corrected chi connectivity index (χ0v) is 12.3. The molecule has 0 bridgehead atoms. The van der Waals surface area contributed by atoms with Gasteiger partial charge in [0, 0.05) is 12.2 Å². The summed E-state index contributed by atoms with van der Waals surface area (Å²) in [6.07, 6.45) is 2.82. The number of benzene rings is 1. The van der Waals surface area contributed by atoms with E-state index in [0.717, 1.165) is 25.0 Å². The van der Waals surface area contributed by atoms with Crippen LogP contribution in [0.25, 0.3) is 0 Å². The molecule has 0 aliphatic rings. The maximum Gasteiger partial charge on any atom is 0.125 e. The van der Waals surface area contributed by atoms with Crippen molar-refractivity contribution in [3.05, 3.63) is 28.8 Å². The Balaban J connectivity index is 3.23. The molecule has 1 N–H and O–H groups in total. The van der Waals surface area contributed by atoms with Crippen molar-refractivity contribution in [3.63, 3.8) is 0 Å². The summed E-state index contributed by atoms with van der Waals surface area (Å²) in [4.78, 5) is 0. The maximum atomic E-state index is 8.95. The molecule has 0 radical (unpaired) electrons. The summed E-state index contributed by atoms with van der Waals surface area (Å²) in [5, 5.41) is 8.95. The number of methoxy groups -OCH3 is 1. The highest BCUT2D eigenvalue weighted by molar-refractivity contribution is 5.47. The van der Waals surface area contributed by atoms with E-state index in [-0.39, 0.29) is 12.0 Å². The molecular weight excluding hydrogens is 224 g/mol. The van der Waals surface area contributed by atoms with Crippen LogP contribution < -0.4 is 4.74 Å². The van der Waals surface area contributed by atoms with Crippen LogP contribution in [0.15, 0.2) is 12.1 Å². The number of hydrogen-bond acceptors (Lipinski definition) is 2. The first-order valence-electron chi connectivity index (χ1n) is 6.75. The minimum absolute atomic E-state index is 0.116. The normalized spacial score (nSPS) is 11.7. The fraction of sp³-hybridized carbons (Fsp3) is 0.625. The van der Waals surface area contributed by atoms with E-state index in [1.165, 1.54) is 16.7 Å². The number of hydrogen-bond donors (Lipinski definition) is 1. The van der Waals surface area contributed by atoms with Gasteiger partial charge in [0.15, 0.2) is 0 Å². The van der Waals surface area contributed by atoms with E-state index in [0.29, 0.717) is 0 Å². The second-order valence-corrected chi connectivity index (χ2v) is 5.56. The Kier molecular flexibility index (Phi) is 5.21. The molecule has 0 saturated carbocycles. The Morgan fingerprint density at radius 3 is 2.44 bits per heavy atom. The Morgan fingerprint density at radius 2 is 1.94 bits per heavy atom. The number of aliphatic hydroxyl groups is 1. The molecule has 0 aromatic heterocycles. The van der Waals surface area contributed by atoms with Gasteiger partial charge in [-0.2, -0.15) is 0 Å². The molecule has 0 aliphatic heterocycles. The van der Waals surface area contributed by atoms with Gasteiger partial charge in [-0.05, 0) is 42.7 Å². The standard InChI is InChI=1S/C16H26O2/c1-6-16(3,4)14-11-13(8-7-9-17)10-12(2)15(14)18-5/h10-11,17H,6-9H2,1-5H3. The molecule has 2 nitrogen and oxygen atoms in total. The number of aliphatic hydroxyl groups excluding tert-OH is 1. The monoisotopic (exact) mass is 250 g/mol. The molecule has 0 aliphatic carbocycles. The number of rotatable bonds is 6. The van der Waals surface area contributed by atoms with E-state index < -0.39 is 0 Å². The molecule has 0 fully saturated rings. The third kappa shape index (κ3) is 3.26. The van der Waals surface area contributed by atoms with Gasteiger partial charge in [0.05, 0.1) is 7.11 Å². The van der Waals surface area contributed by atoms with Crippen molar-refractivity contribution in [2.24, 2.45) is 0 Å². The maximum absolute atomic E-state index is 8.95. The highest BCUT2D eigenvalue weighted by atomic mass is 16.5. The minimum Gasteiger partial charge on any atom is -0.496 e. The molecule has 0 atom stereocenters. The van der Waals surface area contributed by atoms with Crippen LogP contribution in [-0.2, 0) is 11.8 Å². The molecule has 1 aromatic carbocycles. The Hall–Kier alpha value is -1.02. The Morgan fingerprint density at radius 1 is 1.28 bits per heavy atom. The van der Waals surface area contributed by atoms with Gasteiger partial charge in [-0.1, -0.05) is 32.9 Å². The lowest BCUT2D eigenvalue weighted by Crippen LogP contribution is -2.18. The van der Waals surface area contributed by atoms with Gasteiger partial charge in [-0.15, -0.1) is 0 Å². The SMILES string of the molecule is CCC(C)(C)c1cc(CCCO)cc(C)c1OC. The fourth-order valence-corrected chi connectivity index (χ4v) is 2.24. The summed E-state index contributed by atoms with van der Waals surface area (Å²) in [5.74, 6) is 1.01. The third-order valence-electron chi connectivity index (χ3n) is 3.78. The fourth-order valence-electron chi connectivity index (χ4n) is 2.24. The van der Waals surface area contributed by atoms with Crippen molar-refractivity contribution in [1.82, 2.24) is 0 Å². The largest absolute Gasteiger partial charge is 0.496 e. The second kappa shape index (κ2) is 6.24. The van der Waals surface area contributed by atoms with Gasteiger partial charge in [0.25, 0.3) is 0 Å². The average Bonchev–Trinajstić information content (AvgIpc) is 2.35. The lowest BCUT2D eigenvalue weighted by Gasteiger charge is -2.27. The van der Waals surface area contributed by atoms with E-state index >= 15 is 0 Å². The zero-order valence-electron chi connectivity index (χ0n) is 12.3. The van der Waals surface area contributed by atoms with E-state index in [1.807, 2.05) is 0 Å². The summed E-state index contributed by atoms with van der Waals surface area (Å²) in [6.45, 7) is 9.05. The first-order valence-corrected chi connectivity index (χ1v) is 6.75. The highest BCUT2D eigenvalue weighted by Gasteiger charge is 2.24. The van der Waals surface area contributed by atoms with Crippen LogP contribution in [0.1, 0.15) is 50.3 Å². The molecule has 2 heteroatoms. The molecular formula is C16H26O2. The molecule has 0 saturated heterocycles. The molecule has 0 heterocycles. The van der Waals surface area contributed by atoms with Gasteiger partial charge in [-0.3, -0.25) is 0 Å². The van der Waals surface area contributed by atoms with Crippen molar-refractivity contribution in [2.75, 3.05) is 13.7 Å². The Bertz CT molecular complexity index is 394. The number of aryl methyl sites for hydroxylation is 2.